The first-order valence-corrected chi connectivity index (χ1v) is 12.8. The number of amides is 2. The Balaban J connectivity index is 1.37. The van der Waals surface area contributed by atoms with Gasteiger partial charge in [-0.1, -0.05) is 12.6 Å². The Kier molecular flexibility index (Phi) is 6.58. The number of likely N-dealkylation sites (tertiary alicyclic amines) is 1. The van der Waals surface area contributed by atoms with E-state index >= 15 is 0 Å². The highest BCUT2D eigenvalue weighted by Crippen LogP contribution is 2.37. The number of anilines is 1. The van der Waals surface area contributed by atoms with Gasteiger partial charge in [0.05, 0.1) is 15.8 Å². The van der Waals surface area contributed by atoms with E-state index in [9.17, 15) is 31.2 Å². The van der Waals surface area contributed by atoms with Gasteiger partial charge in [0, 0.05) is 36.6 Å². The van der Waals surface area contributed by atoms with Gasteiger partial charge in [-0.15, -0.1) is 11.3 Å². The monoisotopic (exact) mass is 513 g/mol. The number of nitrogens with zero attached hydrogens (tertiary/aromatic N) is 2. The Morgan fingerprint density at radius 3 is 2.47 bits per heavy atom. The zero-order valence-electron chi connectivity index (χ0n) is 18.0. The number of piperidine rings is 1. The number of alkyl halides is 3. The molecule has 12 heteroatoms. The maximum Gasteiger partial charge on any atom is 0.416 e. The Bertz CT molecular complexity index is 1210. The van der Waals surface area contributed by atoms with Gasteiger partial charge in [-0.2, -0.15) is 17.5 Å². The maximum atomic E-state index is 13.2. The minimum absolute atomic E-state index is 0.0699. The molecule has 1 aromatic carbocycles. The largest absolute Gasteiger partial charge is 0.416 e. The number of rotatable bonds is 5. The predicted molar refractivity (Wildman–Crippen MR) is 122 cm³/mol. The van der Waals surface area contributed by atoms with Crippen LogP contribution in [0.15, 0.2) is 43.0 Å². The molecule has 1 saturated heterocycles. The minimum Gasteiger partial charge on any atom is -0.339 e. The van der Waals surface area contributed by atoms with Crippen LogP contribution in [-0.4, -0.2) is 47.8 Å². The summed E-state index contributed by atoms with van der Waals surface area (Å²) in [6.45, 7) is 4.12. The highest BCUT2D eigenvalue weighted by molar-refractivity contribution is 7.89. The highest BCUT2D eigenvalue weighted by atomic mass is 32.2. The quantitative estimate of drug-likeness (QED) is 0.616. The zero-order chi connectivity index (χ0) is 24.7. The molecule has 34 heavy (non-hydrogen) atoms. The summed E-state index contributed by atoms with van der Waals surface area (Å²) in [7, 11) is -3.63. The SMILES string of the molecule is C=CC(=O)Nc1cc2c(s1)CN(S(=O)(=O)C1CCN(C(=O)c3cccc(C(F)(F)F)c3)CC1)C2. The van der Waals surface area contributed by atoms with E-state index in [1.807, 2.05) is 0 Å². The van der Waals surface area contributed by atoms with Crippen LogP contribution in [0.3, 0.4) is 0 Å². The fraction of sp³-hybridized carbons (Fsp3) is 0.364. The molecule has 0 radical (unpaired) electrons. The number of thiophene rings is 1. The second-order valence-electron chi connectivity index (χ2n) is 8.14. The zero-order valence-corrected chi connectivity index (χ0v) is 19.6. The number of sulfonamides is 1. The van der Waals surface area contributed by atoms with Crippen LogP contribution in [0.4, 0.5) is 18.2 Å². The van der Waals surface area contributed by atoms with Crippen molar-refractivity contribution in [2.45, 2.75) is 37.4 Å². The lowest BCUT2D eigenvalue weighted by Gasteiger charge is -2.33. The van der Waals surface area contributed by atoms with E-state index in [0.717, 1.165) is 28.6 Å². The number of benzene rings is 1. The second-order valence-corrected chi connectivity index (χ2v) is 11.5. The van der Waals surface area contributed by atoms with Crippen molar-refractivity contribution in [1.29, 1.82) is 0 Å². The number of hydrogen-bond donors (Lipinski definition) is 1. The van der Waals surface area contributed by atoms with E-state index < -0.39 is 32.9 Å². The molecule has 2 aliphatic rings. The number of carbonyl (C=O) groups excluding carboxylic acids is 2. The summed E-state index contributed by atoms with van der Waals surface area (Å²) in [5.41, 5.74) is -0.130. The lowest BCUT2D eigenvalue weighted by molar-refractivity contribution is -0.137. The van der Waals surface area contributed by atoms with Crippen LogP contribution in [-0.2, 0) is 34.1 Å². The normalized spacial score (nSPS) is 17.4. The van der Waals surface area contributed by atoms with E-state index in [4.69, 9.17) is 0 Å². The van der Waals surface area contributed by atoms with Crippen molar-refractivity contribution in [1.82, 2.24) is 9.21 Å². The topological polar surface area (TPSA) is 86.8 Å². The molecule has 0 aliphatic carbocycles. The molecule has 182 valence electrons. The average molecular weight is 514 g/mol. The standard InChI is InChI=1S/C22H22F3N3O4S2/c1-2-19(29)26-20-11-15-12-28(13-18(15)33-20)34(31,32)17-6-8-27(9-7-17)21(30)14-4-3-5-16(10-14)22(23,24)25/h2-5,10-11,17H,1,6-9,12-13H2,(H,26,29). The van der Waals surface area contributed by atoms with E-state index in [1.54, 1.807) is 6.07 Å². The van der Waals surface area contributed by atoms with Crippen molar-refractivity contribution in [2.24, 2.45) is 0 Å². The Morgan fingerprint density at radius 1 is 1.15 bits per heavy atom. The van der Waals surface area contributed by atoms with Gasteiger partial charge in [0.15, 0.2) is 0 Å². The number of hydrogen-bond acceptors (Lipinski definition) is 5. The lowest BCUT2D eigenvalue weighted by Crippen LogP contribution is -2.45. The fourth-order valence-corrected chi connectivity index (χ4v) is 7.16. The molecule has 0 saturated carbocycles. The summed E-state index contributed by atoms with van der Waals surface area (Å²) in [4.78, 5) is 26.4. The van der Waals surface area contributed by atoms with Gasteiger partial charge in [0.25, 0.3) is 5.91 Å². The van der Waals surface area contributed by atoms with Gasteiger partial charge in [-0.25, -0.2) is 8.42 Å². The molecule has 2 amide bonds. The van der Waals surface area contributed by atoms with Crippen LogP contribution in [0.2, 0.25) is 0 Å². The van der Waals surface area contributed by atoms with Crippen molar-refractivity contribution in [3.63, 3.8) is 0 Å². The smallest absolute Gasteiger partial charge is 0.339 e. The molecule has 1 N–H and O–H groups in total. The fourth-order valence-electron chi connectivity index (χ4n) is 4.13. The Labute approximate surface area is 198 Å². The first kappa shape index (κ1) is 24.4. The molecule has 0 spiro atoms. The summed E-state index contributed by atoms with van der Waals surface area (Å²) < 4.78 is 66.6. The van der Waals surface area contributed by atoms with Crippen molar-refractivity contribution >= 4 is 38.2 Å². The van der Waals surface area contributed by atoms with Crippen molar-refractivity contribution in [3.05, 3.63) is 64.6 Å². The van der Waals surface area contributed by atoms with E-state index in [-0.39, 0.29) is 50.5 Å². The van der Waals surface area contributed by atoms with Crippen LogP contribution in [0.25, 0.3) is 0 Å². The van der Waals surface area contributed by atoms with E-state index in [2.05, 4.69) is 11.9 Å². The van der Waals surface area contributed by atoms with Crippen molar-refractivity contribution < 1.29 is 31.2 Å². The highest BCUT2D eigenvalue weighted by Gasteiger charge is 2.39. The molecule has 4 rings (SSSR count). The third-order valence-corrected chi connectivity index (χ3v) is 9.31. The van der Waals surface area contributed by atoms with E-state index in [1.165, 1.54) is 32.7 Å². The van der Waals surface area contributed by atoms with Crippen LogP contribution in [0.1, 0.15) is 39.2 Å². The number of halogens is 3. The lowest BCUT2D eigenvalue weighted by atomic mass is 10.1. The van der Waals surface area contributed by atoms with Crippen LogP contribution in [0.5, 0.6) is 0 Å². The average Bonchev–Trinajstić information content (AvgIpc) is 3.37. The van der Waals surface area contributed by atoms with Crippen LogP contribution in [0, 0.1) is 0 Å². The third kappa shape index (κ3) is 4.89. The molecular weight excluding hydrogens is 491 g/mol. The maximum absolute atomic E-state index is 13.2. The molecule has 1 aromatic heterocycles. The first-order valence-electron chi connectivity index (χ1n) is 10.5. The summed E-state index contributed by atoms with van der Waals surface area (Å²) in [5, 5.41) is 2.63. The Morgan fingerprint density at radius 2 is 1.85 bits per heavy atom. The molecule has 3 heterocycles. The Hall–Kier alpha value is -2.70. The number of fused-ring (bicyclic) bond motifs is 1. The predicted octanol–water partition coefficient (Wildman–Crippen LogP) is 3.84. The molecule has 2 aromatic rings. The first-order chi connectivity index (χ1) is 16.0. The summed E-state index contributed by atoms with van der Waals surface area (Å²) >= 11 is 1.32. The van der Waals surface area contributed by atoms with Gasteiger partial charge in [-0.05, 0) is 48.7 Å². The summed E-state index contributed by atoms with van der Waals surface area (Å²) in [6.07, 6.45) is -2.98. The molecule has 1 fully saturated rings. The summed E-state index contributed by atoms with van der Waals surface area (Å²) in [6, 6.07) is 6.00. The molecule has 2 aliphatic heterocycles. The third-order valence-electron chi connectivity index (χ3n) is 5.94. The van der Waals surface area contributed by atoms with Crippen LogP contribution >= 0.6 is 11.3 Å². The van der Waals surface area contributed by atoms with Gasteiger partial charge >= 0.3 is 6.18 Å². The van der Waals surface area contributed by atoms with Crippen molar-refractivity contribution in [3.8, 4) is 0 Å². The second kappa shape index (κ2) is 9.16. The molecule has 0 atom stereocenters. The molecule has 0 bridgehead atoms. The molecular formula is C22H22F3N3O4S2. The van der Waals surface area contributed by atoms with Gasteiger partial charge in [-0.3, -0.25) is 9.59 Å². The number of nitrogens with one attached hydrogen (secondary N) is 1. The molecule has 7 nitrogen and oxygen atoms in total. The van der Waals surface area contributed by atoms with Gasteiger partial charge < -0.3 is 10.2 Å². The number of carbonyl (C=O) groups is 2. The van der Waals surface area contributed by atoms with Crippen molar-refractivity contribution in [2.75, 3.05) is 18.4 Å². The minimum atomic E-state index is -4.55. The van der Waals surface area contributed by atoms with Crippen LogP contribution < -0.4 is 5.32 Å². The van der Waals surface area contributed by atoms with Gasteiger partial charge in [0.2, 0.25) is 15.9 Å². The summed E-state index contributed by atoms with van der Waals surface area (Å²) in [5.74, 6) is -0.879. The van der Waals surface area contributed by atoms with Gasteiger partial charge in [0.1, 0.15) is 0 Å². The van der Waals surface area contributed by atoms with E-state index in [0.29, 0.717) is 5.00 Å². The molecule has 0 unspecified atom stereocenters.